The molecule has 0 aliphatic rings. The van der Waals surface area contributed by atoms with Crippen LogP contribution in [0.1, 0.15) is 25.2 Å². The fourth-order valence-corrected chi connectivity index (χ4v) is 3.98. The Morgan fingerprint density at radius 3 is 2.67 bits per heavy atom. The van der Waals surface area contributed by atoms with Crippen LogP contribution in [0.3, 0.4) is 0 Å². The van der Waals surface area contributed by atoms with Crippen LogP contribution in [-0.2, 0) is 11.3 Å². The Morgan fingerprint density at radius 2 is 1.93 bits per heavy atom. The molecular formula is C21H26N4O4S. The summed E-state index contributed by atoms with van der Waals surface area (Å²) in [5.41, 5.74) is 2.03. The predicted octanol–water partition coefficient (Wildman–Crippen LogP) is 2.93. The molecule has 0 atom stereocenters. The maximum atomic E-state index is 12.5. The second-order valence-corrected chi connectivity index (χ2v) is 7.67. The Balaban J connectivity index is 1.63. The average Bonchev–Trinajstić information content (AvgIpc) is 3.05. The highest BCUT2D eigenvalue weighted by atomic mass is 32.1. The molecule has 1 aromatic carbocycles. The highest BCUT2D eigenvalue weighted by molar-refractivity contribution is 7.15. The predicted molar refractivity (Wildman–Crippen MR) is 118 cm³/mol. The van der Waals surface area contributed by atoms with Gasteiger partial charge in [-0.1, -0.05) is 0 Å². The van der Waals surface area contributed by atoms with E-state index >= 15 is 0 Å². The number of nitrogens with zero attached hydrogens (tertiary/aromatic N) is 3. The number of aryl methyl sites for hydroxylation is 1. The fourth-order valence-electron chi connectivity index (χ4n) is 3.09. The third-order valence-electron chi connectivity index (χ3n) is 4.30. The molecule has 160 valence electrons. The summed E-state index contributed by atoms with van der Waals surface area (Å²) in [6.07, 6.45) is 0. The molecule has 0 saturated heterocycles. The Labute approximate surface area is 179 Å². The minimum atomic E-state index is -0.172. The van der Waals surface area contributed by atoms with Crippen LogP contribution in [0.15, 0.2) is 34.4 Å². The SMILES string of the molecule is CCOc1ccc(NC(=O)CN(C)Cc2cc(=O)n3c(C)csc3n2)cc1OCC. The van der Waals surface area contributed by atoms with E-state index in [0.717, 1.165) is 5.69 Å². The van der Waals surface area contributed by atoms with Gasteiger partial charge in [0.05, 0.1) is 25.5 Å². The molecule has 30 heavy (non-hydrogen) atoms. The number of carbonyl (C=O) groups is 1. The molecule has 2 aromatic heterocycles. The maximum Gasteiger partial charge on any atom is 0.259 e. The topological polar surface area (TPSA) is 85.2 Å². The van der Waals surface area contributed by atoms with Gasteiger partial charge in [0.25, 0.3) is 5.56 Å². The Kier molecular flexibility index (Phi) is 7.07. The highest BCUT2D eigenvalue weighted by Crippen LogP contribution is 2.30. The maximum absolute atomic E-state index is 12.5. The van der Waals surface area contributed by atoms with Gasteiger partial charge in [0.1, 0.15) is 0 Å². The van der Waals surface area contributed by atoms with Crippen LogP contribution in [0, 0.1) is 6.92 Å². The zero-order valence-electron chi connectivity index (χ0n) is 17.6. The number of fused-ring (bicyclic) bond motifs is 1. The second kappa shape index (κ2) is 9.73. The lowest BCUT2D eigenvalue weighted by Crippen LogP contribution is -2.30. The van der Waals surface area contributed by atoms with Gasteiger partial charge in [-0.25, -0.2) is 4.98 Å². The van der Waals surface area contributed by atoms with Crippen molar-refractivity contribution in [3.05, 3.63) is 51.4 Å². The van der Waals surface area contributed by atoms with E-state index in [0.29, 0.717) is 47.6 Å². The van der Waals surface area contributed by atoms with Gasteiger partial charge >= 0.3 is 0 Å². The van der Waals surface area contributed by atoms with E-state index in [4.69, 9.17) is 9.47 Å². The molecule has 9 heteroatoms. The number of aromatic nitrogens is 2. The van der Waals surface area contributed by atoms with E-state index < -0.39 is 0 Å². The van der Waals surface area contributed by atoms with Crippen molar-refractivity contribution in [2.45, 2.75) is 27.3 Å². The van der Waals surface area contributed by atoms with Gasteiger partial charge in [0.2, 0.25) is 5.91 Å². The summed E-state index contributed by atoms with van der Waals surface area (Å²) in [5, 5.41) is 4.77. The van der Waals surface area contributed by atoms with Crippen molar-refractivity contribution >= 4 is 27.9 Å². The number of benzene rings is 1. The first kappa shape index (κ1) is 21.8. The monoisotopic (exact) mass is 430 g/mol. The third kappa shape index (κ3) is 5.17. The number of anilines is 1. The molecule has 1 N–H and O–H groups in total. The quantitative estimate of drug-likeness (QED) is 0.562. The molecule has 0 unspecified atom stereocenters. The first-order valence-corrected chi connectivity index (χ1v) is 10.6. The van der Waals surface area contributed by atoms with Crippen molar-refractivity contribution in [1.82, 2.24) is 14.3 Å². The zero-order chi connectivity index (χ0) is 21.7. The summed E-state index contributed by atoms with van der Waals surface area (Å²) in [6, 6.07) is 6.83. The number of carbonyl (C=O) groups excluding carboxylic acids is 1. The van der Waals surface area contributed by atoms with E-state index in [1.54, 1.807) is 22.6 Å². The average molecular weight is 431 g/mol. The van der Waals surface area contributed by atoms with Crippen LogP contribution >= 0.6 is 11.3 Å². The second-order valence-electron chi connectivity index (χ2n) is 6.83. The normalized spacial score (nSPS) is 11.1. The molecule has 0 radical (unpaired) electrons. The molecular weight excluding hydrogens is 404 g/mol. The standard InChI is InChI=1S/C21H26N4O4S/c1-5-28-17-8-7-15(9-18(17)29-6-2)22-19(26)12-24(4)11-16-10-20(27)25-14(3)13-30-21(25)23-16/h7-10,13H,5-6,11-12H2,1-4H3,(H,22,26). The lowest BCUT2D eigenvalue weighted by molar-refractivity contribution is -0.117. The van der Waals surface area contributed by atoms with Gasteiger partial charge in [0.15, 0.2) is 16.5 Å². The van der Waals surface area contributed by atoms with Crippen molar-refractivity contribution in [3.8, 4) is 11.5 Å². The third-order valence-corrected chi connectivity index (χ3v) is 5.24. The lowest BCUT2D eigenvalue weighted by Gasteiger charge is -2.17. The van der Waals surface area contributed by atoms with Crippen LogP contribution in [0.25, 0.3) is 4.96 Å². The minimum absolute atomic E-state index is 0.107. The van der Waals surface area contributed by atoms with Crippen molar-refractivity contribution in [2.75, 3.05) is 32.1 Å². The molecule has 3 aromatic rings. The van der Waals surface area contributed by atoms with E-state index in [-0.39, 0.29) is 18.0 Å². The van der Waals surface area contributed by atoms with Gasteiger partial charge in [0, 0.05) is 35.4 Å². The summed E-state index contributed by atoms with van der Waals surface area (Å²) in [6.45, 7) is 7.25. The van der Waals surface area contributed by atoms with Crippen molar-refractivity contribution in [2.24, 2.45) is 0 Å². The number of amides is 1. The first-order chi connectivity index (χ1) is 14.4. The number of ether oxygens (including phenoxy) is 2. The molecule has 0 aliphatic heterocycles. The summed E-state index contributed by atoms with van der Waals surface area (Å²) in [4.78, 5) is 31.8. The van der Waals surface area contributed by atoms with E-state index in [1.165, 1.54) is 17.4 Å². The van der Waals surface area contributed by atoms with E-state index in [9.17, 15) is 9.59 Å². The van der Waals surface area contributed by atoms with Gasteiger partial charge in [-0.3, -0.25) is 18.9 Å². The van der Waals surface area contributed by atoms with E-state index in [1.807, 2.05) is 38.1 Å². The molecule has 0 bridgehead atoms. The first-order valence-electron chi connectivity index (χ1n) is 9.76. The van der Waals surface area contributed by atoms with Crippen LogP contribution in [0.5, 0.6) is 11.5 Å². The smallest absolute Gasteiger partial charge is 0.259 e. The van der Waals surface area contributed by atoms with E-state index in [2.05, 4.69) is 10.3 Å². The molecule has 0 fully saturated rings. The highest BCUT2D eigenvalue weighted by Gasteiger charge is 2.13. The van der Waals surface area contributed by atoms with Crippen LogP contribution in [0.4, 0.5) is 5.69 Å². The summed E-state index contributed by atoms with van der Waals surface area (Å²) >= 11 is 1.43. The van der Waals surface area contributed by atoms with Crippen LogP contribution < -0.4 is 20.3 Å². The summed E-state index contributed by atoms with van der Waals surface area (Å²) < 4.78 is 12.7. The molecule has 0 aliphatic carbocycles. The Bertz CT molecular complexity index is 1090. The number of thiazole rings is 1. The number of hydrogen-bond acceptors (Lipinski definition) is 7. The number of rotatable bonds is 9. The molecule has 0 spiro atoms. The molecule has 3 rings (SSSR count). The lowest BCUT2D eigenvalue weighted by atomic mass is 10.2. The molecule has 2 heterocycles. The Morgan fingerprint density at radius 1 is 1.20 bits per heavy atom. The molecule has 1 amide bonds. The summed E-state index contributed by atoms with van der Waals surface area (Å²) in [7, 11) is 1.81. The molecule has 0 saturated carbocycles. The van der Waals surface area contributed by atoms with Crippen LogP contribution in [0.2, 0.25) is 0 Å². The van der Waals surface area contributed by atoms with Gasteiger partial charge < -0.3 is 14.8 Å². The number of nitrogens with one attached hydrogen (secondary N) is 1. The zero-order valence-corrected chi connectivity index (χ0v) is 18.4. The summed E-state index contributed by atoms with van der Waals surface area (Å²) in [5.74, 6) is 1.06. The van der Waals surface area contributed by atoms with Crippen molar-refractivity contribution in [1.29, 1.82) is 0 Å². The Hall–Kier alpha value is -2.91. The largest absolute Gasteiger partial charge is 0.490 e. The van der Waals surface area contributed by atoms with Gasteiger partial charge in [-0.15, -0.1) is 11.3 Å². The van der Waals surface area contributed by atoms with Crippen LogP contribution in [-0.4, -0.2) is 47.0 Å². The fraction of sp³-hybridized carbons (Fsp3) is 0.381. The van der Waals surface area contributed by atoms with Crippen molar-refractivity contribution < 1.29 is 14.3 Å². The van der Waals surface area contributed by atoms with Gasteiger partial charge in [-0.2, -0.15) is 0 Å². The number of hydrogen-bond donors (Lipinski definition) is 1. The number of likely N-dealkylation sites (N-methyl/N-ethyl adjacent to an activating group) is 1. The van der Waals surface area contributed by atoms with Crippen molar-refractivity contribution in [3.63, 3.8) is 0 Å². The molecule has 8 nitrogen and oxygen atoms in total. The van der Waals surface area contributed by atoms with Gasteiger partial charge in [-0.05, 0) is 40.0 Å². The minimum Gasteiger partial charge on any atom is -0.490 e.